The number of nitriles is 1. The Balaban J connectivity index is 2.51. The molecule has 6 nitrogen and oxygen atoms in total. The number of rotatable bonds is 3. The van der Waals surface area contributed by atoms with Crippen LogP contribution in [0.1, 0.15) is 16.3 Å². The molecule has 0 fully saturated rings. The zero-order chi connectivity index (χ0) is 16.4. The molecule has 1 aromatic heterocycles. The lowest BCUT2D eigenvalue weighted by molar-refractivity contribution is -0.380. The first kappa shape index (κ1) is 16.2. The Morgan fingerprint density at radius 2 is 2.09 bits per heavy atom. The van der Waals surface area contributed by atoms with Crippen molar-refractivity contribution in [1.82, 2.24) is 4.98 Å². The first-order chi connectivity index (χ1) is 10.3. The smallest absolute Gasteiger partial charge is 0.347 e. The number of hydrogen-bond acceptors (Lipinski definition) is 6. The van der Waals surface area contributed by atoms with E-state index in [0.717, 1.165) is 11.3 Å². The Hall–Kier alpha value is -2.14. The molecule has 0 aliphatic heterocycles. The number of hydrogen-bond donors (Lipinski definition) is 1. The zero-order valence-electron chi connectivity index (χ0n) is 11.0. The maximum atomic E-state index is 10.8. The van der Waals surface area contributed by atoms with Gasteiger partial charge in [-0.05, 0) is 42.0 Å². The van der Waals surface area contributed by atoms with Crippen LogP contribution in [0, 0.1) is 28.4 Å². The summed E-state index contributed by atoms with van der Waals surface area (Å²) in [4.78, 5) is 14.3. The van der Waals surface area contributed by atoms with E-state index in [4.69, 9.17) is 23.2 Å². The lowest BCUT2D eigenvalue weighted by Gasteiger charge is -2.02. The van der Waals surface area contributed by atoms with Gasteiger partial charge in [0.1, 0.15) is 16.8 Å². The molecule has 0 spiro atoms. The van der Waals surface area contributed by atoms with Crippen molar-refractivity contribution in [1.29, 1.82) is 5.26 Å². The molecule has 0 saturated heterocycles. The van der Waals surface area contributed by atoms with Gasteiger partial charge in [0.25, 0.3) is 0 Å². The third-order valence-electron chi connectivity index (χ3n) is 2.64. The fourth-order valence-corrected chi connectivity index (χ4v) is 3.00. The minimum absolute atomic E-state index is 0.0392. The summed E-state index contributed by atoms with van der Waals surface area (Å²) in [5.74, 6) is -0.250. The normalized spacial score (nSPS) is 11.3. The van der Waals surface area contributed by atoms with Crippen LogP contribution in [0.4, 0.5) is 5.00 Å². The molecule has 22 heavy (non-hydrogen) atoms. The van der Waals surface area contributed by atoms with Gasteiger partial charge < -0.3 is 5.11 Å². The highest BCUT2D eigenvalue weighted by molar-refractivity contribution is 7.16. The van der Waals surface area contributed by atoms with E-state index in [9.17, 15) is 20.5 Å². The van der Waals surface area contributed by atoms with E-state index in [-0.39, 0.29) is 37.1 Å². The van der Waals surface area contributed by atoms with Gasteiger partial charge in [-0.2, -0.15) is 5.26 Å². The Labute approximate surface area is 139 Å². The van der Waals surface area contributed by atoms with Crippen molar-refractivity contribution >= 4 is 51.2 Å². The highest BCUT2D eigenvalue weighted by atomic mass is 35.5. The fraction of sp³-hybridized carbons (Fsp3) is 0.0769. The largest absolute Gasteiger partial charge is 0.505 e. The van der Waals surface area contributed by atoms with Gasteiger partial charge in [0.2, 0.25) is 0 Å². The van der Waals surface area contributed by atoms with Crippen LogP contribution < -0.4 is 0 Å². The van der Waals surface area contributed by atoms with Crippen molar-refractivity contribution < 1.29 is 10.0 Å². The van der Waals surface area contributed by atoms with Crippen LogP contribution in [0.25, 0.3) is 11.6 Å². The van der Waals surface area contributed by atoms with Crippen molar-refractivity contribution in [3.63, 3.8) is 0 Å². The number of nitro groups is 1. The minimum atomic E-state index is -0.542. The molecule has 0 unspecified atom stereocenters. The number of thiazole rings is 1. The molecule has 112 valence electrons. The van der Waals surface area contributed by atoms with E-state index in [1.165, 1.54) is 25.1 Å². The Bertz CT molecular complexity index is 817. The zero-order valence-corrected chi connectivity index (χ0v) is 13.3. The van der Waals surface area contributed by atoms with Crippen LogP contribution in [-0.4, -0.2) is 15.0 Å². The van der Waals surface area contributed by atoms with Crippen molar-refractivity contribution in [2.75, 3.05) is 0 Å². The Morgan fingerprint density at radius 3 is 2.55 bits per heavy atom. The third kappa shape index (κ3) is 3.20. The summed E-state index contributed by atoms with van der Waals surface area (Å²) in [6, 6.07) is 4.79. The van der Waals surface area contributed by atoms with Gasteiger partial charge in [0, 0.05) is 0 Å². The number of phenols is 1. The van der Waals surface area contributed by atoms with Crippen molar-refractivity contribution in [2.24, 2.45) is 0 Å². The lowest BCUT2D eigenvalue weighted by atomic mass is 10.1. The maximum absolute atomic E-state index is 10.8. The minimum Gasteiger partial charge on any atom is -0.505 e. The monoisotopic (exact) mass is 355 g/mol. The number of benzene rings is 1. The predicted molar refractivity (Wildman–Crippen MR) is 85.1 cm³/mol. The molecule has 0 aliphatic carbocycles. The summed E-state index contributed by atoms with van der Waals surface area (Å²) < 4.78 is 0. The standard InChI is InChI=1S/C13H7Cl2N3O3S/c1-6-13(18(20)21)22-12(17-6)8(5-16)2-7-3-9(14)11(19)10(15)4-7/h2-4,19H,1H3. The van der Waals surface area contributed by atoms with E-state index in [1.807, 2.05) is 6.07 Å². The van der Waals surface area contributed by atoms with Gasteiger partial charge in [0.05, 0.1) is 20.5 Å². The van der Waals surface area contributed by atoms with E-state index in [1.54, 1.807) is 0 Å². The molecule has 1 N–H and O–H groups in total. The van der Waals surface area contributed by atoms with Crippen LogP contribution in [0.5, 0.6) is 5.75 Å². The quantitative estimate of drug-likeness (QED) is 0.498. The highest BCUT2D eigenvalue weighted by Gasteiger charge is 2.20. The molecule has 0 saturated carbocycles. The van der Waals surface area contributed by atoms with E-state index < -0.39 is 4.92 Å². The van der Waals surface area contributed by atoms with Gasteiger partial charge in [-0.25, -0.2) is 4.98 Å². The van der Waals surface area contributed by atoms with Crippen molar-refractivity contribution in [2.45, 2.75) is 6.92 Å². The molecular formula is C13H7Cl2N3O3S. The van der Waals surface area contributed by atoms with Gasteiger partial charge in [-0.1, -0.05) is 23.2 Å². The first-order valence-corrected chi connectivity index (χ1v) is 7.32. The summed E-state index contributed by atoms with van der Waals surface area (Å²) in [6.07, 6.45) is 1.44. The van der Waals surface area contributed by atoms with E-state index in [2.05, 4.69) is 4.98 Å². The molecule has 0 aliphatic rings. The fourth-order valence-electron chi connectivity index (χ4n) is 1.65. The van der Waals surface area contributed by atoms with Crippen LogP contribution >= 0.6 is 34.5 Å². The average Bonchev–Trinajstić information content (AvgIpc) is 2.84. The van der Waals surface area contributed by atoms with Gasteiger partial charge in [0.15, 0.2) is 5.75 Å². The number of nitrogens with zero attached hydrogens (tertiary/aromatic N) is 3. The number of halogens is 2. The average molecular weight is 356 g/mol. The second-order valence-corrected chi connectivity index (χ2v) is 5.96. The molecular weight excluding hydrogens is 349 g/mol. The highest BCUT2D eigenvalue weighted by Crippen LogP contribution is 2.35. The third-order valence-corrected chi connectivity index (χ3v) is 4.36. The van der Waals surface area contributed by atoms with Crippen LogP contribution in [-0.2, 0) is 0 Å². The molecule has 0 atom stereocenters. The van der Waals surface area contributed by atoms with Gasteiger partial charge in [-0.15, -0.1) is 0 Å². The predicted octanol–water partition coefficient (Wildman–Crippen LogP) is 4.44. The van der Waals surface area contributed by atoms with Gasteiger partial charge >= 0.3 is 5.00 Å². The van der Waals surface area contributed by atoms with E-state index >= 15 is 0 Å². The SMILES string of the molecule is Cc1nc(C(C#N)=Cc2cc(Cl)c(O)c(Cl)c2)sc1[N+](=O)[O-]. The number of aromatic hydroxyl groups is 1. The number of aryl methyl sites for hydroxylation is 1. The molecule has 1 aromatic carbocycles. The molecule has 0 bridgehead atoms. The van der Waals surface area contributed by atoms with Crippen LogP contribution in [0.2, 0.25) is 10.0 Å². The molecule has 2 aromatic rings. The first-order valence-electron chi connectivity index (χ1n) is 5.75. The molecule has 0 amide bonds. The molecule has 1 heterocycles. The number of allylic oxidation sites excluding steroid dienone is 1. The summed E-state index contributed by atoms with van der Waals surface area (Å²) in [6.45, 7) is 1.50. The van der Waals surface area contributed by atoms with Crippen LogP contribution in [0.3, 0.4) is 0 Å². The van der Waals surface area contributed by atoms with Gasteiger partial charge in [-0.3, -0.25) is 10.1 Å². The lowest BCUT2D eigenvalue weighted by Crippen LogP contribution is -1.86. The second kappa shape index (κ2) is 6.32. The summed E-state index contributed by atoms with van der Waals surface area (Å²) in [5, 5.41) is 29.8. The molecule has 2 rings (SSSR count). The second-order valence-electron chi connectivity index (χ2n) is 4.17. The maximum Gasteiger partial charge on any atom is 0.347 e. The van der Waals surface area contributed by atoms with Crippen LogP contribution in [0.15, 0.2) is 12.1 Å². The molecule has 0 radical (unpaired) electrons. The molecule has 9 heteroatoms. The van der Waals surface area contributed by atoms with Crippen molar-refractivity contribution in [3.8, 4) is 11.8 Å². The topological polar surface area (TPSA) is 100 Å². The van der Waals surface area contributed by atoms with Crippen molar-refractivity contribution in [3.05, 3.63) is 48.6 Å². The number of aromatic nitrogens is 1. The summed E-state index contributed by atoms with van der Waals surface area (Å²) in [7, 11) is 0. The summed E-state index contributed by atoms with van der Waals surface area (Å²) >= 11 is 12.4. The number of phenolic OH excluding ortho intramolecular Hbond substituents is 1. The Kier molecular flexibility index (Phi) is 4.66. The summed E-state index contributed by atoms with van der Waals surface area (Å²) in [5.41, 5.74) is 0.854. The Morgan fingerprint density at radius 1 is 1.50 bits per heavy atom. The van der Waals surface area contributed by atoms with E-state index in [0.29, 0.717) is 5.56 Å².